The third kappa shape index (κ3) is 3.30. The zero-order valence-electron chi connectivity index (χ0n) is 9.93. The first kappa shape index (κ1) is 12.1. The molecule has 0 saturated heterocycles. The number of rotatable bonds is 6. The van der Waals surface area contributed by atoms with Gasteiger partial charge in [0.15, 0.2) is 0 Å². The second-order valence-corrected chi connectivity index (χ2v) is 4.67. The highest BCUT2D eigenvalue weighted by atomic mass is 16.4. The van der Waals surface area contributed by atoms with Gasteiger partial charge in [-0.3, -0.25) is 4.79 Å². The van der Waals surface area contributed by atoms with Gasteiger partial charge < -0.3 is 10.4 Å². The smallest absolute Gasteiger partial charge is 0.308 e. The fourth-order valence-electron chi connectivity index (χ4n) is 2.26. The summed E-state index contributed by atoms with van der Waals surface area (Å²) in [4.78, 5) is 10.8. The van der Waals surface area contributed by atoms with E-state index in [2.05, 4.69) is 29.6 Å². The highest BCUT2D eigenvalue weighted by Gasteiger charge is 2.35. The van der Waals surface area contributed by atoms with Crippen molar-refractivity contribution < 1.29 is 9.90 Å². The maximum atomic E-state index is 10.8. The summed E-state index contributed by atoms with van der Waals surface area (Å²) < 4.78 is 0. The van der Waals surface area contributed by atoms with Gasteiger partial charge in [0.05, 0.1) is 5.92 Å². The lowest BCUT2D eigenvalue weighted by atomic mass is 9.79. The summed E-state index contributed by atoms with van der Waals surface area (Å²) in [6.07, 6.45) is 3.94. The Morgan fingerprint density at radius 3 is 2.65 bits per heavy atom. The van der Waals surface area contributed by atoms with E-state index in [-0.39, 0.29) is 12.0 Å². The molecule has 0 amide bonds. The van der Waals surface area contributed by atoms with Gasteiger partial charge in [-0.05, 0) is 37.8 Å². The second-order valence-electron chi connectivity index (χ2n) is 4.67. The fourth-order valence-corrected chi connectivity index (χ4v) is 2.26. The van der Waals surface area contributed by atoms with Crippen molar-refractivity contribution in [2.75, 3.05) is 6.54 Å². The summed E-state index contributed by atoms with van der Waals surface area (Å²) >= 11 is 0. The molecule has 3 heteroatoms. The molecule has 0 aliphatic heterocycles. The maximum Gasteiger partial charge on any atom is 0.308 e. The summed E-state index contributed by atoms with van der Waals surface area (Å²) in [5.41, 5.74) is 1.35. The number of aryl methyl sites for hydroxylation is 1. The first-order valence-corrected chi connectivity index (χ1v) is 6.27. The lowest BCUT2D eigenvalue weighted by Crippen LogP contribution is -2.47. The number of hydrogen-bond donors (Lipinski definition) is 2. The van der Waals surface area contributed by atoms with Gasteiger partial charge in [0.2, 0.25) is 0 Å². The van der Waals surface area contributed by atoms with E-state index in [1.807, 2.05) is 6.07 Å². The normalized spacial score (nSPS) is 23.1. The molecule has 2 atom stereocenters. The van der Waals surface area contributed by atoms with Crippen LogP contribution >= 0.6 is 0 Å². The van der Waals surface area contributed by atoms with Gasteiger partial charge >= 0.3 is 5.97 Å². The number of hydrogen-bond acceptors (Lipinski definition) is 2. The van der Waals surface area contributed by atoms with E-state index in [1.165, 1.54) is 5.56 Å². The Kier molecular flexibility index (Phi) is 4.15. The van der Waals surface area contributed by atoms with E-state index in [1.54, 1.807) is 0 Å². The molecule has 17 heavy (non-hydrogen) atoms. The SMILES string of the molecule is O=C(O)C1CCC1NCCCc1ccccc1. The van der Waals surface area contributed by atoms with Crippen LogP contribution in [0.15, 0.2) is 30.3 Å². The molecule has 1 aliphatic carbocycles. The highest BCUT2D eigenvalue weighted by molar-refractivity contribution is 5.72. The zero-order valence-corrected chi connectivity index (χ0v) is 9.93. The topological polar surface area (TPSA) is 49.3 Å². The van der Waals surface area contributed by atoms with E-state index in [0.29, 0.717) is 0 Å². The van der Waals surface area contributed by atoms with Crippen LogP contribution in [0, 0.1) is 5.92 Å². The molecule has 3 nitrogen and oxygen atoms in total. The van der Waals surface area contributed by atoms with Crippen molar-refractivity contribution >= 4 is 5.97 Å². The molecule has 0 bridgehead atoms. The largest absolute Gasteiger partial charge is 0.481 e. The Morgan fingerprint density at radius 1 is 1.29 bits per heavy atom. The molecular formula is C14H19NO2. The minimum atomic E-state index is -0.656. The van der Waals surface area contributed by atoms with E-state index in [9.17, 15) is 4.79 Å². The number of benzene rings is 1. The van der Waals surface area contributed by atoms with Crippen molar-refractivity contribution in [2.45, 2.75) is 31.7 Å². The molecule has 1 aromatic rings. The third-order valence-corrected chi connectivity index (χ3v) is 3.48. The van der Waals surface area contributed by atoms with Gasteiger partial charge in [0.1, 0.15) is 0 Å². The predicted octanol–water partition coefficient (Wildman–Crippen LogP) is 2.07. The monoisotopic (exact) mass is 233 g/mol. The summed E-state index contributed by atoms with van der Waals surface area (Å²) in [6, 6.07) is 10.6. The number of carbonyl (C=O) groups is 1. The van der Waals surface area contributed by atoms with Crippen molar-refractivity contribution in [1.82, 2.24) is 5.32 Å². The number of carboxylic acids is 1. The Labute approximate surface area is 102 Å². The lowest BCUT2D eigenvalue weighted by molar-refractivity contribution is -0.146. The van der Waals surface area contributed by atoms with Crippen LogP contribution in [-0.4, -0.2) is 23.7 Å². The molecule has 0 aromatic heterocycles. The van der Waals surface area contributed by atoms with Crippen LogP contribution in [0.3, 0.4) is 0 Å². The fraction of sp³-hybridized carbons (Fsp3) is 0.500. The van der Waals surface area contributed by atoms with Crippen LogP contribution in [0.4, 0.5) is 0 Å². The van der Waals surface area contributed by atoms with Crippen molar-refractivity contribution in [1.29, 1.82) is 0 Å². The quantitative estimate of drug-likeness (QED) is 0.739. The van der Waals surface area contributed by atoms with Crippen molar-refractivity contribution in [2.24, 2.45) is 5.92 Å². The number of nitrogens with one attached hydrogen (secondary N) is 1. The van der Waals surface area contributed by atoms with E-state index in [4.69, 9.17) is 5.11 Å². The molecule has 2 rings (SSSR count). The van der Waals surface area contributed by atoms with Gasteiger partial charge in [0, 0.05) is 6.04 Å². The highest BCUT2D eigenvalue weighted by Crippen LogP contribution is 2.27. The Hall–Kier alpha value is -1.35. The van der Waals surface area contributed by atoms with Crippen LogP contribution in [0.2, 0.25) is 0 Å². The molecular weight excluding hydrogens is 214 g/mol. The zero-order chi connectivity index (χ0) is 12.1. The Morgan fingerprint density at radius 2 is 2.06 bits per heavy atom. The van der Waals surface area contributed by atoms with E-state index < -0.39 is 5.97 Å². The third-order valence-electron chi connectivity index (χ3n) is 3.48. The van der Waals surface area contributed by atoms with Crippen molar-refractivity contribution in [3.63, 3.8) is 0 Å². The van der Waals surface area contributed by atoms with Crippen LogP contribution < -0.4 is 5.32 Å². The first-order chi connectivity index (χ1) is 8.27. The van der Waals surface area contributed by atoms with Gasteiger partial charge in [0.25, 0.3) is 0 Å². The first-order valence-electron chi connectivity index (χ1n) is 6.27. The van der Waals surface area contributed by atoms with Crippen LogP contribution in [0.1, 0.15) is 24.8 Å². The van der Waals surface area contributed by atoms with Gasteiger partial charge in [-0.1, -0.05) is 30.3 Å². The van der Waals surface area contributed by atoms with E-state index >= 15 is 0 Å². The number of aliphatic carboxylic acids is 1. The van der Waals surface area contributed by atoms with Gasteiger partial charge in [-0.15, -0.1) is 0 Å². The maximum absolute atomic E-state index is 10.8. The molecule has 2 N–H and O–H groups in total. The van der Waals surface area contributed by atoms with Crippen LogP contribution in [0.5, 0.6) is 0 Å². The molecule has 0 spiro atoms. The van der Waals surface area contributed by atoms with Crippen molar-refractivity contribution in [3.05, 3.63) is 35.9 Å². The summed E-state index contributed by atoms with van der Waals surface area (Å²) in [5.74, 6) is -0.816. The molecule has 1 saturated carbocycles. The molecule has 1 fully saturated rings. The van der Waals surface area contributed by atoms with Crippen molar-refractivity contribution in [3.8, 4) is 0 Å². The van der Waals surface area contributed by atoms with Gasteiger partial charge in [-0.25, -0.2) is 0 Å². The van der Waals surface area contributed by atoms with E-state index in [0.717, 1.165) is 32.2 Å². The van der Waals surface area contributed by atoms with Gasteiger partial charge in [-0.2, -0.15) is 0 Å². The molecule has 92 valence electrons. The van der Waals surface area contributed by atoms with Crippen LogP contribution in [-0.2, 0) is 11.2 Å². The van der Waals surface area contributed by atoms with Crippen LogP contribution in [0.25, 0.3) is 0 Å². The number of carboxylic acid groups (broad SMARTS) is 1. The second kappa shape index (κ2) is 5.82. The summed E-state index contributed by atoms with van der Waals surface area (Å²) in [5, 5.41) is 12.2. The minimum Gasteiger partial charge on any atom is -0.481 e. The molecule has 2 unspecified atom stereocenters. The molecule has 0 radical (unpaired) electrons. The summed E-state index contributed by atoms with van der Waals surface area (Å²) in [6.45, 7) is 0.906. The molecule has 1 aliphatic rings. The minimum absolute atomic E-state index is 0.160. The average molecular weight is 233 g/mol. The Balaban J connectivity index is 1.62. The molecule has 0 heterocycles. The average Bonchev–Trinajstić information content (AvgIpc) is 2.27. The summed E-state index contributed by atoms with van der Waals surface area (Å²) in [7, 11) is 0. The lowest BCUT2D eigenvalue weighted by Gasteiger charge is -2.34. The Bertz CT molecular complexity index is 364. The molecule has 1 aromatic carbocycles. The predicted molar refractivity (Wildman–Crippen MR) is 66.9 cm³/mol. The standard InChI is InChI=1S/C14H19NO2/c16-14(17)12-8-9-13(12)15-10-4-7-11-5-2-1-3-6-11/h1-3,5-6,12-13,15H,4,7-10H2,(H,16,17).